The summed E-state index contributed by atoms with van der Waals surface area (Å²) in [6.07, 6.45) is 0. The number of carbonyl (C=O) groups excluding carboxylic acids is 1. The molecule has 0 aromatic heterocycles. The highest BCUT2D eigenvalue weighted by molar-refractivity contribution is 6.33. The fraction of sp³-hybridized carbons (Fsp3) is 0.273. The van der Waals surface area contributed by atoms with Crippen LogP contribution in [-0.2, 0) is 4.79 Å². The van der Waals surface area contributed by atoms with Crippen molar-refractivity contribution in [2.45, 2.75) is 19.9 Å². The molecule has 0 bridgehead atoms. The van der Waals surface area contributed by atoms with Gasteiger partial charge < -0.3 is 10.4 Å². The van der Waals surface area contributed by atoms with E-state index in [2.05, 4.69) is 5.32 Å². The number of amides is 1. The molecule has 0 spiro atoms. The van der Waals surface area contributed by atoms with Gasteiger partial charge in [0.1, 0.15) is 6.04 Å². The lowest BCUT2D eigenvalue weighted by molar-refractivity contribution is -0.138. The molecule has 1 rings (SSSR count). The first-order valence-electron chi connectivity index (χ1n) is 4.71. The minimum atomic E-state index is -1.09. The Morgan fingerprint density at radius 2 is 2.06 bits per heavy atom. The van der Waals surface area contributed by atoms with E-state index in [-0.39, 0.29) is 5.56 Å². The van der Waals surface area contributed by atoms with Crippen LogP contribution in [0, 0.1) is 6.92 Å². The summed E-state index contributed by atoms with van der Waals surface area (Å²) in [5.74, 6) is -1.57. The molecule has 1 aromatic carbocycles. The van der Waals surface area contributed by atoms with Crippen molar-refractivity contribution in [3.05, 3.63) is 34.3 Å². The van der Waals surface area contributed by atoms with Gasteiger partial charge in [0.15, 0.2) is 0 Å². The third kappa shape index (κ3) is 2.97. The van der Waals surface area contributed by atoms with E-state index in [1.54, 1.807) is 18.2 Å². The van der Waals surface area contributed by atoms with Crippen LogP contribution in [-0.4, -0.2) is 23.0 Å². The van der Waals surface area contributed by atoms with Gasteiger partial charge in [0.25, 0.3) is 5.91 Å². The van der Waals surface area contributed by atoms with Gasteiger partial charge in [-0.25, -0.2) is 0 Å². The fourth-order valence-electron chi connectivity index (χ4n) is 1.14. The Balaban J connectivity index is 2.85. The topological polar surface area (TPSA) is 66.4 Å². The van der Waals surface area contributed by atoms with Crippen LogP contribution in [0.5, 0.6) is 0 Å². The molecule has 0 aliphatic carbocycles. The highest BCUT2D eigenvalue weighted by atomic mass is 35.5. The number of halogens is 1. The molecule has 5 heteroatoms. The summed E-state index contributed by atoms with van der Waals surface area (Å²) in [5, 5.41) is 11.3. The molecule has 1 aromatic rings. The summed E-state index contributed by atoms with van der Waals surface area (Å²) < 4.78 is 0. The second kappa shape index (κ2) is 4.99. The molecule has 0 aliphatic rings. The van der Waals surface area contributed by atoms with Crippen molar-refractivity contribution in [3.8, 4) is 0 Å². The van der Waals surface area contributed by atoms with E-state index in [1.165, 1.54) is 6.92 Å². The number of aliphatic carboxylic acids is 1. The molecule has 1 atom stereocenters. The number of carboxylic acid groups (broad SMARTS) is 1. The maximum atomic E-state index is 11.6. The van der Waals surface area contributed by atoms with E-state index < -0.39 is 17.9 Å². The Hall–Kier alpha value is -1.55. The van der Waals surface area contributed by atoms with E-state index in [0.29, 0.717) is 5.02 Å². The average molecular weight is 242 g/mol. The van der Waals surface area contributed by atoms with E-state index in [0.717, 1.165) is 5.56 Å². The van der Waals surface area contributed by atoms with E-state index in [9.17, 15) is 9.59 Å². The predicted molar refractivity (Wildman–Crippen MR) is 60.8 cm³/mol. The van der Waals surface area contributed by atoms with Gasteiger partial charge in [-0.1, -0.05) is 17.7 Å². The average Bonchev–Trinajstić information content (AvgIpc) is 2.16. The van der Waals surface area contributed by atoms with Crippen molar-refractivity contribution in [3.63, 3.8) is 0 Å². The van der Waals surface area contributed by atoms with E-state index in [1.807, 2.05) is 6.92 Å². The Kier molecular flexibility index (Phi) is 3.90. The molecular formula is C11H12ClNO3. The van der Waals surface area contributed by atoms with Crippen LogP contribution in [0.15, 0.2) is 18.2 Å². The third-order valence-corrected chi connectivity index (χ3v) is 2.40. The number of carboxylic acids is 1. The number of carbonyl (C=O) groups is 2. The first-order valence-corrected chi connectivity index (χ1v) is 5.09. The van der Waals surface area contributed by atoms with E-state index in [4.69, 9.17) is 16.7 Å². The quantitative estimate of drug-likeness (QED) is 0.849. The second-order valence-electron chi connectivity index (χ2n) is 3.52. The van der Waals surface area contributed by atoms with Crippen LogP contribution in [0.2, 0.25) is 5.02 Å². The molecule has 86 valence electrons. The lowest BCUT2D eigenvalue weighted by atomic mass is 10.1. The minimum absolute atomic E-state index is 0.278. The maximum Gasteiger partial charge on any atom is 0.325 e. The minimum Gasteiger partial charge on any atom is -0.480 e. The molecule has 2 N–H and O–H groups in total. The number of nitrogens with one attached hydrogen (secondary N) is 1. The molecule has 16 heavy (non-hydrogen) atoms. The lowest BCUT2D eigenvalue weighted by Crippen LogP contribution is -2.38. The Morgan fingerprint density at radius 1 is 1.44 bits per heavy atom. The van der Waals surface area contributed by atoms with Gasteiger partial charge in [0, 0.05) is 0 Å². The van der Waals surface area contributed by atoms with Crippen LogP contribution < -0.4 is 5.32 Å². The van der Waals surface area contributed by atoms with Gasteiger partial charge in [-0.05, 0) is 31.5 Å². The van der Waals surface area contributed by atoms with Crippen molar-refractivity contribution >= 4 is 23.5 Å². The number of aryl methyl sites for hydroxylation is 1. The summed E-state index contributed by atoms with van der Waals surface area (Å²) in [5.41, 5.74) is 1.22. The molecule has 0 radical (unpaired) electrons. The van der Waals surface area contributed by atoms with Crippen molar-refractivity contribution in [2.75, 3.05) is 0 Å². The zero-order valence-corrected chi connectivity index (χ0v) is 9.71. The van der Waals surface area contributed by atoms with Gasteiger partial charge in [0.05, 0.1) is 10.6 Å². The molecule has 1 amide bonds. The van der Waals surface area contributed by atoms with Crippen LogP contribution >= 0.6 is 11.6 Å². The van der Waals surface area contributed by atoms with Gasteiger partial charge in [-0.2, -0.15) is 0 Å². The first kappa shape index (κ1) is 12.5. The standard InChI is InChI=1S/C11H12ClNO3/c1-6-3-4-8(9(12)5-6)10(14)13-7(2)11(15)16/h3-5,7H,1-2H3,(H,13,14)(H,15,16). The van der Waals surface area contributed by atoms with Crippen LogP contribution in [0.3, 0.4) is 0 Å². The van der Waals surface area contributed by atoms with Crippen molar-refractivity contribution < 1.29 is 14.7 Å². The monoisotopic (exact) mass is 241 g/mol. The van der Waals surface area contributed by atoms with E-state index >= 15 is 0 Å². The molecular weight excluding hydrogens is 230 g/mol. The highest BCUT2D eigenvalue weighted by Gasteiger charge is 2.16. The maximum absolute atomic E-state index is 11.6. The summed E-state index contributed by atoms with van der Waals surface area (Å²) in [6.45, 7) is 3.25. The largest absolute Gasteiger partial charge is 0.480 e. The lowest BCUT2D eigenvalue weighted by Gasteiger charge is -2.10. The second-order valence-corrected chi connectivity index (χ2v) is 3.92. The smallest absolute Gasteiger partial charge is 0.325 e. The normalized spacial score (nSPS) is 11.9. The number of rotatable bonds is 3. The highest BCUT2D eigenvalue weighted by Crippen LogP contribution is 2.17. The summed E-state index contributed by atoms with van der Waals surface area (Å²) in [4.78, 5) is 22.2. The molecule has 1 unspecified atom stereocenters. The first-order chi connectivity index (χ1) is 7.41. The third-order valence-electron chi connectivity index (χ3n) is 2.09. The van der Waals surface area contributed by atoms with Crippen molar-refractivity contribution in [1.29, 1.82) is 0 Å². The molecule has 0 fully saturated rings. The summed E-state index contributed by atoms with van der Waals surface area (Å²) in [6, 6.07) is 4.03. The summed E-state index contributed by atoms with van der Waals surface area (Å²) >= 11 is 5.88. The SMILES string of the molecule is Cc1ccc(C(=O)NC(C)C(=O)O)c(Cl)c1. The molecule has 4 nitrogen and oxygen atoms in total. The molecule has 0 aliphatic heterocycles. The van der Waals surface area contributed by atoms with Gasteiger partial charge in [-0.3, -0.25) is 9.59 Å². The fourth-order valence-corrected chi connectivity index (χ4v) is 1.46. The Labute approximate surface area is 98.2 Å². The van der Waals surface area contributed by atoms with Crippen molar-refractivity contribution in [1.82, 2.24) is 5.32 Å². The predicted octanol–water partition coefficient (Wildman–Crippen LogP) is 1.85. The van der Waals surface area contributed by atoms with Gasteiger partial charge in [0.2, 0.25) is 0 Å². The zero-order chi connectivity index (χ0) is 12.3. The molecule has 0 saturated heterocycles. The van der Waals surface area contributed by atoms with Gasteiger partial charge in [-0.15, -0.1) is 0 Å². The van der Waals surface area contributed by atoms with Crippen LogP contribution in [0.1, 0.15) is 22.8 Å². The number of hydrogen-bond acceptors (Lipinski definition) is 2. The van der Waals surface area contributed by atoms with Gasteiger partial charge >= 0.3 is 5.97 Å². The Bertz CT molecular complexity index is 431. The van der Waals surface area contributed by atoms with Crippen LogP contribution in [0.4, 0.5) is 0 Å². The Morgan fingerprint density at radius 3 is 2.56 bits per heavy atom. The molecule has 0 saturated carbocycles. The zero-order valence-electron chi connectivity index (χ0n) is 8.95. The van der Waals surface area contributed by atoms with Crippen LogP contribution in [0.25, 0.3) is 0 Å². The number of benzene rings is 1. The van der Waals surface area contributed by atoms with Crippen molar-refractivity contribution in [2.24, 2.45) is 0 Å². The molecule has 0 heterocycles. The number of hydrogen-bond donors (Lipinski definition) is 2. The summed E-state index contributed by atoms with van der Waals surface area (Å²) in [7, 11) is 0.